The van der Waals surface area contributed by atoms with Crippen LogP contribution in [0.25, 0.3) is 0 Å². The summed E-state index contributed by atoms with van der Waals surface area (Å²) in [7, 11) is 1.68. The Labute approximate surface area is 82.2 Å². The lowest BCUT2D eigenvalue weighted by molar-refractivity contribution is 0.109. The molecule has 0 aliphatic heterocycles. The molecule has 1 aromatic heterocycles. The van der Waals surface area contributed by atoms with E-state index in [2.05, 4.69) is 10.2 Å². The number of ether oxygens (including phenoxy) is 1. The van der Waals surface area contributed by atoms with Crippen molar-refractivity contribution >= 4 is 11.6 Å². The topological polar surface area (TPSA) is 48.2 Å². The molecule has 0 bridgehead atoms. The molecule has 74 valence electrons. The summed E-state index contributed by atoms with van der Waals surface area (Å²) in [6.07, 6.45) is 1.82. The predicted octanol–water partition coefficient (Wildman–Crippen LogP) is 1.78. The van der Waals surface area contributed by atoms with Crippen LogP contribution in [0.1, 0.15) is 25.1 Å². The van der Waals surface area contributed by atoms with Crippen molar-refractivity contribution in [2.24, 2.45) is 0 Å². The number of halogens is 1. The number of aryl methyl sites for hydroxylation is 1. The summed E-state index contributed by atoms with van der Waals surface area (Å²) in [5.41, 5.74) is 0. The highest BCUT2D eigenvalue weighted by molar-refractivity contribution is 6.16. The van der Waals surface area contributed by atoms with Crippen LogP contribution >= 0.6 is 11.6 Å². The van der Waals surface area contributed by atoms with Gasteiger partial charge in [0.15, 0.2) is 0 Å². The van der Waals surface area contributed by atoms with Gasteiger partial charge in [0, 0.05) is 13.5 Å². The molecule has 0 saturated carbocycles. The van der Waals surface area contributed by atoms with Gasteiger partial charge in [-0.2, -0.15) is 0 Å². The number of nitrogens with zero attached hydrogens (tertiary/aromatic N) is 2. The van der Waals surface area contributed by atoms with Crippen molar-refractivity contribution in [2.75, 3.05) is 7.11 Å². The minimum absolute atomic E-state index is 0.214. The molecular formula is C8H13ClN2O2. The molecule has 0 saturated heterocycles. The smallest absolute Gasteiger partial charge is 0.231 e. The Bertz CT molecular complexity index is 252. The van der Waals surface area contributed by atoms with Crippen LogP contribution in [-0.4, -0.2) is 23.4 Å². The lowest BCUT2D eigenvalue weighted by atomic mass is 10.2. The lowest BCUT2D eigenvalue weighted by Crippen LogP contribution is -2.05. The molecule has 0 aromatic carbocycles. The van der Waals surface area contributed by atoms with Crippen molar-refractivity contribution in [2.45, 2.75) is 31.7 Å². The van der Waals surface area contributed by atoms with Crippen molar-refractivity contribution in [1.29, 1.82) is 0 Å². The van der Waals surface area contributed by atoms with Gasteiger partial charge in [-0.15, -0.1) is 21.8 Å². The summed E-state index contributed by atoms with van der Waals surface area (Å²) in [6, 6.07) is 0. The van der Waals surface area contributed by atoms with Crippen LogP contribution in [0.2, 0.25) is 0 Å². The third-order valence-electron chi connectivity index (χ3n) is 1.79. The molecule has 1 heterocycles. The fourth-order valence-corrected chi connectivity index (χ4v) is 0.996. The van der Waals surface area contributed by atoms with Gasteiger partial charge >= 0.3 is 0 Å². The molecule has 1 aromatic rings. The van der Waals surface area contributed by atoms with E-state index in [0.29, 0.717) is 11.8 Å². The summed E-state index contributed by atoms with van der Waals surface area (Å²) in [5.74, 6) is 1.37. The highest BCUT2D eigenvalue weighted by Gasteiger charge is 2.06. The molecule has 1 atom stereocenters. The molecule has 4 nitrogen and oxygen atoms in total. The van der Waals surface area contributed by atoms with Crippen LogP contribution < -0.4 is 0 Å². The highest BCUT2D eigenvalue weighted by atomic mass is 35.5. The molecule has 1 rings (SSSR count). The molecule has 0 aliphatic rings. The van der Waals surface area contributed by atoms with E-state index in [1.165, 1.54) is 0 Å². The number of alkyl halides is 1. The van der Waals surface area contributed by atoms with E-state index in [0.717, 1.165) is 12.8 Å². The van der Waals surface area contributed by atoms with Gasteiger partial charge in [0.25, 0.3) is 0 Å². The molecule has 0 radical (unpaired) electrons. The zero-order valence-corrected chi connectivity index (χ0v) is 8.54. The third kappa shape index (κ3) is 3.32. The van der Waals surface area contributed by atoms with Gasteiger partial charge in [-0.3, -0.25) is 0 Å². The number of hydrogen-bond acceptors (Lipinski definition) is 4. The Kier molecular flexibility index (Phi) is 4.18. The fraction of sp³-hybridized carbons (Fsp3) is 0.750. The van der Waals surface area contributed by atoms with E-state index in [9.17, 15) is 0 Å². The van der Waals surface area contributed by atoms with Crippen molar-refractivity contribution in [3.63, 3.8) is 0 Å². The van der Waals surface area contributed by atoms with Crippen LogP contribution in [0.3, 0.4) is 0 Å². The summed E-state index contributed by atoms with van der Waals surface area (Å²) in [4.78, 5) is 0. The van der Waals surface area contributed by atoms with Gasteiger partial charge in [-0.25, -0.2) is 0 Å². The number of rotatable bonds is 5. The molecule has 0 fully saturated rings. The maximum atomic E-state index is 5.51. The Morgan fingerprint density at radius 3 is 2.69 bits per heavy atom. The lowest BCUT2D eigenvalue weighted by Gasteiger charge is -2.05. The summed E-state index contributed by atoms with van der Waals surface area (Å²) < 4.78 is 10.3. The van der Waals surface area contributed by atoms with E-state index in [4.69, 9.17) is 20.8 Å². The SMILES string of the molecule is COC(C)CCc1nnc(CCl)o1. The normalized spacial score (nSPS) is 13.2. The Balaban J connectivity index is 2.36. The second-order valence-electron chi connectivity index (χ2n) is 2.81. The van der Waals surface area contributed by atoms with Gasteiger partial charge in [0.05, 0.1) is 6.10 Å². The molecular weight excluding hydrogens is 192 g/mol. The van der Waals surface area contributed by atoms with Crippen LogP contribution in [0, 0.1) is 0 Å². The van der Waals surface area contributed by atoms with Crippen molar-refractivity contribution < 1.29 is 9.15 Å². The van der Waals surface area contributed by atoms with E-state index >= 15 is 0 Å². The van der Waals surface area contributed by atoms with E-state index in [-0.39, 0.29) is 12.0 Å². The summed E-state index contributed by atoms with van der Waals surface area (Å²) in [5, 5.41) is 7.59. The molecule has 5 heteroatoms. The second kappa shape index (κ2) is 5.19. The maximum absolute atomic E-state index is 5.51. The van der Waals surface area contributed by atoms with Crippen molar-refractivity contribution in [3.8, 4) is 0 Å². The van der Waals surface area contributed by atoms with Crippen LogP contribution in [0.4, 0.5) is 0 Å². The Morgan fingerprint density at radius 2 is 2.15 bits per heavy atom. The zero-order chi connectivity index (χ0) is 9.68. The Hall–Kier alpha value is -0.610. The summed E-state index contributed by atoms with van der Waals surface area (Å²) >= 11 is 5.51. The van der Waals surface area contributed by atoms with Gasteiger partial charge in [-0.05, 0) is 13.3 Å². The molecule has 1 unspecified atom stereocenters. The molecule has 0 amide bonds. The largest absolute Gasteiger partial charge is 0.424 e. The minimum atomic E-state index is 0.214. The maximum Gasteiger partial charge on any atom is 0.231 e. The van der Waals surface area contributed by atoms with E-state index in [1.807, 2.05) is 6.92 Å². The number of hydrogen-bond donors (Lipinski definition) is 0. The zero-order valence-electron chi connectivity index (χ0n) is 7.79. The molecule has 0 spiro atoms. The number of aromatic nitrogens is 2. The number of methoxy groups -OCH3 is 1. The molecule has 0 N–H and O–H groups in total. The van der Waals surface area contributed by atoms with Gasteiger partial charge in [0.2, 0.25) is 11.8 Å². The molecule has 0 aliphatic carbocycles. The monoisotopic (exact) mass is 204 g/mol. The van der Waals surface area contributed by atoms with Crippen molar-refractivity contribution in [3.05, 3.63) is 11.8 Å². The standard InChI is InChI=1S/C8H13ClN2O2/c1-6(12-2)3-4-7-10-11-8(5-9)13-7/h6H,3-5H2,1-2H3. The molecule has 13 heavy (non-hydrogen) atoms. The first kappa shape index (κ1) is 10.5. The summed E-state index contributed by atoms with van der Waals surface area (Å²) in [6.45, 7) is 2.00. The minimum Gasteiger partial charge on any atom is -0.424 e. The van der Waals surface area contributed by atoms with E-state index < -0.39 is 0 Å². The average molecular weight is 205 g/mol. The fourth-order valence-electron chi connectivity index (χ4n) is 0.888. The average Bonchev–Trinajstić information content (AvgIpc) is 2.61. The third-order valence-corrected chi connectivity index (χ3v) is 2.02. The first-order chi connectivity index (χ1) is 6.26. The second-order valence-corrected chi connectivity index (χ2v) is 3.08. The first-order valence-corrected chi connectivity index (χ1v) is 4.69. The van der Waals surface area contributed by atoms with Crippen LogP contribution in [-0.2, 0) is 17.0 Å². The Morgan fingerprint density at radius 1 is 1.46 bits per heavy atom. The highest BCUT2D eigenvalue weighted by Crippen LogP contribution is 2.07. The first-order valence-electron chi connectivity index (χ1n) is 4.16. The van der Waals surface area contributed by atoms with Gasteiger partial charge in [0.1, 0.15) is 5.88 Å². The van der Waals surface area contributed by atoms with Crippen molar-refractivity contribution in [1.82, 2.24) is 10.2 Å². The quantitative estimate of drug-likeness (QED) is 0.686. The predicted molar refractivity (Wildman–Crippen MR) is 48.6 cm³/mol. The van der Waals surface area contributed by atoms with Gasteiger partial charge < -0.3 is 9.15 Å². The van der Waals surface area contributed by atoms with Gasteiger partial charge in [-0.1, -0.05) is 0 Å². The van der Waals surface area contributed by atoms with Crippen LogP contribution in [0.15, 0.2) is 4.42 Å². The van der Waals surface area contributed by atoms with E-state index in [1.54, 1.807) is 7.11 Å². The van der Waals surface area contributed by atoms with Crippen LogP contribution in [0.5, 0.6) is 0 Å².